The first-order valence-corrected chi connectivity index (χ1v) is 9.06. The fourth-order valence-electron chi connectivity index (χ4n) is 2.42. The van der Waals surface area contributed by atoms with Crippen LogP contribution in [0.3, 0.4) is 0 Å². The lowest BCUT2D eigenvalue weighted by Gasteiger charge is -2.17. The summed E-state index contributed by atoms with van der Waals surface area (Å²) in [6.07, 6.45) is 3.26. The lowest BCUT2D eigenvalue weighted by Crippen LogP contribution is -2.26. The summed E-state index contributed by atoms with van der Waals surface area (Å²) in [5, 5.41) is 2.96. The van der Waals surface area contributed by atoms with E-state index < -0.39 is 0 Å². The van der Waals surface area contributed by atoms with Crippen LogP contribution in [0.4, 0.5) is 0 Å². The number of ether oxygens (including phenoxy) is 2. The van der Waals surface area contributed by atoms with E-state index in [9.17, 15) is 4.79 Å². The molecule has 0 saturated carbocycles. The standard InChI is InChI=1S/C20H28N2O4.ClH/c1-4-8-24-18-7-6-15(11-19(18)25-9-5-2)14(3)22-20(23)16-10-17(12-21)26-13-16;/h6-7,10-11,13-14H,4-5,8-9,12,21H2,1-3H3,(H,22,23);1H. The molecule has 0 fully saturated rings. The zero-order valence-electron chi connectivity index (χ0n) is 16.1. The zero-order chi connectivity index (χ0) is 18.9. The maximum atomic E-state index is 12.4. The zero-order valence-corrected chi connectivity index (χ0v) is 16.9. The van der Waals surface area contributed by atoms with Gasteiger partial charge in [0.15, 0.2) is 11.5 Å². The van der Waals surface area contributed by atoms with Crippen LogP contribution in [-0.4, -0.2) is 19.1 Å². The van der Waals surface area contributed by atoms with Crippen molar-refractivity contribution in [2.45, 2.75) is 46.2 Å². The van der Waals surface area contributed by atoms with Gasteiger partial charge in [-0.2, -0.15) is 0 Å². The molecule has 6 nitrogen and oxygen atoms in total. The minimum Gasteiger partial charge on any atom is -0.490 e. The summed E-state index contributed by atoms with van der Waals surface area (Å²) in [7, 11) is 0. The highest BCUT2D eigenvalue weighted by Gasteiger charge is 2.16. The summed E-state index contributed by atoms with van der Waals surface area (Å²) >= 11 is 0. The third kappa shape index (κ3) is 6.48. The minimum atomic E-state index is -0.205. The van der Waals surface area contributed by atoms with Crippen molar-refractivity contribution in [1.82, 2.24) is 5.32 Å². The summed E-state index contributed by atoms with van der Waals surface area (Å²) in [6.45, 7) is 7.56. The number of nitrogens with one attached hydrogen (secondary N) is 1. The number of hydrogen-bond donors (Lipinski definition) is 2. The van der Waals surface area contributed by atoms with Gasteiger partial charge in [0.1, 0.15) is 12.0 Å². The smallest absolute Gasteiger partial charge is 0.255 e. The lowest BCUT2D eigenvalue weighted by atomic mass is 10.1. The highest BCUT2D eigenvalue weighted by Crippen LogP contribution is 2.31. The molecule has 1 aromatic carbocycles. The number of furan rings is 1. The van der Waals surface area contributed by atoms with E-state index in [2.05, 4.69) is 19.2 Å². The summed E-state index contributed by atoms with van der Waals surface area (Å²) < 4.78 is 16.8. The van der Waals surface area contributed by atoms with Crippen LogP contribution in [0.1, 0.15) is 61.3 Å². The van der Waals surface area contributed by atoms with E-state index in [1.165, 1.54) is 6.26 Å². The van der Waals surface area contributed by atoms with Gasteiger partial charge in [0.05, 0.1) is 31.4 Å². The highest BCUT2D eigenvalue weighted by atomic mass is 35.5. The van der Waals surface area contributed by atoms with Crippen molar-refractivity contribution in [2.75, 3.05) is 13.2 Å². The van der Waals surface area contributed by atoms with E-state index in [1.807, 2.05) is 25.1 Å². The molecular formula is C20H29ClN2O4. The molecule has 1 atom stereocenters. The number of rotatable bonds is 10. The Hall–Kier alpha value is -2.18. The van der Waals surface area contributed by atoms with Crippen LogP contribution in [0.25, 0.3) is 0 Å². The lowest BCUT2D eigenvalue weighted by molar-refractivity contribution is 0.0939. The van der Waals surface area contributed by atoms with Crippen molar-refractivity contribution in [1.29, 1.82) is 0 Å². The van der Waals surface area contributed by atoms with Crippen LogP contribution in [0.15, 0.2) is 34.9 Å². The number of hydrogen-bond acceptors (Lipinski definition) is 5. The van der Waals surface area contributed by atoms with Gasteiger partial charge in [0, 0.05) is 0 Å². The first-order chi connectivity index (χ1) is 12.6. The van der Waals surface area contributed by atoms with Gasteiger partial charge in [-0.15, -0.1) is 12.4 Å². The molecule has 27 heavy (non-hydrogen) atoms. The van der Waals surface area contributed by atoms with Crippen LogP contribution in [0, 0.1) is 0 Å². The molecule has 7 heteroatoms. The van der Waals surface area contributed by atoms with Crippen molar-refractivity contribution >= 4 is 18.3 Å². The molecule has 2 rings (SSSR count). The third-order valence-corrected chi connectivity index (χ3v) is 3.86. The highest BCUT2D eigenvalue weighted by molar-refractivity contribution is 5.94. The molecule has 1 amide bonds. The maximum absolute atomic E-state index is 12.4. The fraction of sp³-hybridized carbons (Fsp3) is 0.450. The van der Waals surface area contributed by atoms with Crippen LogP contribution in [0.5, 0.6) is 11.5 Å². The van der Waals surface area contributed by atoms with Crippen LogP contribution in [0.2, 0.25) is 0 Å². The molecule has 1 unspecified atom stereocenters. The molecule has 0 bridgehead atoms. The van der Waals surface area contributed by atoms with Gasteiger partial charge in [0.25, 0.3) is 5.91 Å². The monoisotopic (exact) mass is 396 g/mol. The Bertz CT molecular complexity index is 718. The SMILES string of the molecule is CCCOc1ccc(C(C)NC(=O)c2coc(CN)c2)cc1OCCC.Cl. The van der Waals surface area contributed by atoms with Crippen LogP contribution in [-0.2, 0) is 6.54 Å². The van der Waals surface area contributed by atoms with Crippen molar-refractivity contribution < 1.29 is 18.7 Å². The van der Waals surface area contributed by atoms with Crippen LogP contribution >= 0.6 is 12.4 Å². The topological polar surface area (TPSA) is 86.7 Å². The summed E-state index contributed by atoms with van der Waals surface area (Å²) in [4.78, 5) is 12.4. The van der Waals surface area contributed by atoms with Crippen molar-refractivity contribution in [2.24, 2.45) is 5.73 Å². The fourth-order valence-corrected chi connectivity index (χ4v) is 2.42. The van der Waals surface area contributed by atoms with Gasteiger partial charge < -0.3 is 24.9 Å². The van der Waals surface area contributed by atoms with Gasteiger partial charge in [-0.25, -0.2) is 0 Å². The maximum Gasteiger partial charge on any atom is 0.255 e. The molecule has 1 aromatic heterocycles. The van der Waals surface area contributed by atoms with E-state index in [4.69, 9.17) is 19.6 Å². The first kappa shape index (κ1) is 22.9. The summed E-state index contributed by atoms with van der Waals surface area (Å²) in [5.41, 5.74) is 6.91. The van der Waals surface area contributed by atoms with E-state index in [0.29, 0.717) is 30.3 Å². The van der Waals surface area contributed by atoms with E-state index in [0.717, 1.165) is 24.2 Å². The molecule has 0 saturated heterocycles. The summed E-state index contributed by atoms with van der Waals surface area (Å²) in [6, 6.07) is 7.22. The van der Waals surface area contributed by atoms with Gasteiger partial charge in [-0.3, -0.25) is 4.79 Å². The number of carbonyl (C=O) groups excluding carboxylic acids is 1. The van der Waals surface area contributed by atoms with E-state index >= 15 is 0 Å². The van der Waals surface area contributed by atoms with Gasteiger partial charge >= 0.3 is 0 Å². The Balaban J connectivity index is 0.00000364. The second-order valence-corrected chi connectivity index (χ2v) is 6.10. The molecule has 0 aliphatic heterocycles. The second kappa shape index (κ2) is 11.5. The largest absolute Gasteiger partial charge is 0.490 e. The molecule has 0 spiro atoms. The van der Waals surface area contributed by atoms with Crippen molar-refractivity contribution in [3.8, 4) is 11.5 Å². The normalized spacial score (nSPS) is 11.4. The molecule has 3 N–H and O–H groups in total. The number of benzene rings is 1. The summed E-state index contributed by atoms with van der Waals surface area (Å²) in [5.74, 6) is 1.80. The first-order valence-electron chi connectivity index (χ1n) is 9.06. The van der Waals surface area contributed by atoms with Crippen molar-refractivity contribution in [3.05, 3.63) is 47.4 Å². The quantitative estimate of drug-likeness (QED) is 0.627. The third-order valence-electron chi connectivity index (χ3n) is 3.86. The molecule has 0 aliphatic carbocycles. The van der Waals surface area contributed by atoms with Crippen molar-refractivity contribution in [3.63, 3.8) is 0 Å². The molecular weight excluding hydrogens is 368 g/mol. The number of nitrogens with two attached hydrogens (primary N) is 1. The molecule has 150 valence electrons. The van der Waals surface area contributed by atoms with Gasteiger partial charge in [-0.05, 0) is 43.5 Å². The Kier molecular flexibility index (Phi) is 9.75. The van der Waals surface area contributed by atoms with Gasteiger partial charge in [0.2, 0.25) is 0 Å². The molecule has 0 radical (unpaired) electrons. The molecule has 1 heterocycles. The predicted octanol–water partition coefficient (Wildman–Crippen LogP) is 4.23. The van der Waals surface area contributed by atoms with E-state index in [1.54, 1.807) is 6.07 Å². The molecule has 2 aromatic rings. The van der Waals surface area contributed by atoms with Gasteiger partial charge in [-0.1, -0.05) is 19.9 Å². The second-order valence-electron chi connectivity index (χ2n) is 6.10. The van der Waals surface area contributed by atoms with E-state index in [-0.39, 0.29) is 30.9 Å². The minimum absolute atomic E-state index is 0. The Morgan fingerprint density at radius 1 is 1.15 bits per heavy atom. The Morgan fingerprint density at radius 2 is 1.81 bits per heavy atom. The number of amides is 1. The Morgan fingerprint density at radius 3 is 2.41 bits per heavy atom. The number of halogens is 1. The Labute approximate surface area is 166 Å². The number of carbonyl (C=O) groups is 1. The molecule has 0 aliphatic rings. The average Bonchev–Trinajstić information content (AvgIpc) is 3.14. The average molecular weight is 397 g/mol. The predicted molar refractivity (Wildman–Crippen MR) is 108 cm³/mol. The van der Waals surface area contributed by atoms with Crippen LogP contribution < -0.4 is 20.5 Å².